The van der Waals surface area contributed by atoms with Crippen molar-refractivity contribution in [1.29, 1.82) is 0 Å². The maximum Gasteiger partial charge on any atom is 0.332 e. The smallest absolute Gasteiger partial charge is 0.332 e. The lowest BCUT2D eigenvalue weighted by atomic mass is 9.85. The van der Waals surface area contributed by atoms with Crippen molar-refractivity contribution >= 4 is 11.9 Å². The van der Waals surface area contributed by atoms with Crippen molar-refractivity contribution in [2.75, 3.05) is 19.7 Å². The lowest BCUT2D eigenvalue weighted by Gasteiger charge is -2.32. The van der Waals surface area contributed by atoms with Crippen LogP contribution in [0.5, 0.6) is 0 Å². The summed E-state index contributed by atoms with van der Waals surface area (Å²) in [5.74, 6) is -0.379. The van der Waals surface area contributed by atoms with Crippen molar-refractivity contribution in [2.24, 2.45) is 11.7 Å². The number of likely N-dealkylation sites (N-methyl/N-ethyl adjacent to an activating group) is 1. The first-order valence-electron chi connectivity index (χ1n) is 6.31. The number of nitrogens with two attached hydrogens (primary N) is 1. The predicted octanol–water partition coefficient (Wildman–Crippen LogP) is 0.525. The van der Waals surface area contributed by atoms with E-state index >= 15 is 0 Å². The first-order chi connectivity index (χ1) is 8.10. The molecule has 1 saturated carbocycles. The monoisotopic (exact) mass is 242 g/mol. The quantitative estimate of drug-likeness (QED) is 0.544. The highest BCUT2D eigenvalue weighted by atomic mass is 16.5. The summed E-state index contributed by atoms with van der Waals surface area (Å²) in [5, 5.41) is 0. The van der Waals surface area contributed by atoms with Gasteiger partial charge in [0.15, 0.2) is 6.04 Å². The van der Waals surface area contributed by atoms with E-state index in [4.69, 9.17) is 10.5 Å². The summed E-state index contributed by atoms with van der Waals surface area (Å²) in [7, 11) is 0. The topological polar surface area (TPSA) is 72.6 Å². The van der Waals surface area contributed by atoms with Crippen molar-refractivity contribution in [2.45, 2.75) is 39.2 Å². The highest BCUT2D eigenvalue weighted by Gasteiger charge is 2.30. The van der Waals surface area contributed by atoms with E-state index in [2.05, 4.69) is 0 Å². The fraction of sp³-hybridized carbons (Fsp3) is 0.833. The van der Waals surface area contributed by atoms with Gasteiger partial charge in [-0.1, -0.05) is 6.42 Å². The Morgan fingerprint density at radius 1 is 1.41 bits per heavy atom. The van der Waals surface area contributed by atoms with E-state index in [9.17, 15) is 9.59 Å². The Bertz CT molecular complexity index is 277. The molecule has 0 aromatic heterocycles. The summed E-state index contributed by atoms with van der Waals surface area (Å²) in [5.41, 5.74) is 5.59. The van der Waals surface area contributed by atoms with E-state index in [1.54, 1.807) is 11.8 Å². The predicted molar refractivity (Wildman–Crippen MR) is 64.2 cm³/mol. The van der Waals surface area contributed by atoms with Gasteiger partial charge in [-0.25, -0.2) is 4.79 Å². The highest BCUT2D eigenvalue weighted by Crippen LogP contribution is 2.27. The number of carbonyl (C=O) groups excluding carboxylic acids is 2. The normalized spacial score (nSPS) is 17.1. The molecule has 1 aliphatic rings. The van der Waals surface area contributed by atoms with Crippen LogP contribution in [0.2, 0.25) is 0 Å². The van der Waals surface area contributed by atoms with Crippen LogP contribution >= 0.6 is 0 Å². The number of amides is 1. The van der Waals surface area contributed by atoms with Crippen LogP contribution in [0.1, 0.15) is 33.1 Å². The zero-order valence-corrected chi connectivity index (χ0v) is 10.6. The maximum absolute atomic E-state index is 12.0. The molecular formula is C12H22N2O3. The molecule has 0 radical (unpaired) electrons. The van der Waals surface area contributed by atoms with Gasteiger partial charge in [-0.2, -0.15) is 0 Å². The van der Waals surface area contributed by atoms with Gasteiger partial charge in [0.1, 0.15) is 0 Å². The van der Waals surface area contributed by atoms with Gasteiger partial charge in [-0.05, 0) is 32.6 Å². The van der Waals surface area contributed by atoms with Crippen molar-refractivity contribution in [3.05, 3.63) is 0 Å². The van der Waals surface area contributed by atoms with Crippen LogP contribution < -0.4 is 5.73 Å². The van der Waals surface area contributed by atoms with Crippen LogP contribution in [0.25, 0.3) is 0 Å². The zero-order valence-electron chi connectivity index (χ0n) is 10.6. The Morgan fingerprint density at radius 2 is 2.06 bits per heavy atom. The molecule has 1 aliphatic carbocycles. The van der Waals surface area contributed by atoms with Crippen LogP contribution in [-0.2, 0) is 14.3 Å². The fourth-order valence-corrected chi connectivity index (χ4v) is 1.89. The second kappa shape index (κ2) is 6.59. The van der Waals surface area contributed by atoms with Gasteiger partial charge in [0.25, 0.3) is 5.91 Å². The number of rotatable bonds is 6. The third-order valence-corrected chi connectivity index (χ3v) is 3.20. The lowest BCUT2D eigenvalue weighted by Crippen LogP contribution is -2.50. The lowest BCUT2D eigenvalue weighted by molar-refractivity contribution is -0.151. The van der Waals surface area contributed by atoms with E-state index in [-0.39, 0.29) is 12.5 Å². The molecule has 1 rings (SSSR count). The van der Waals surface area contributed by atoms with E-state index in [1.807, 2.05) is 6.92 Å². The highest BCUT2D eigenvalue weighted by molar-refractivity contribution is 6.01. The van der Waals surface area contributed by atoms with Gasteiger partial charge in [0, 0.05) is 13.1 Å². The molecule has 1 amide bonds. The van der Waals surface area contributed by atoms with Gasteiger partial charge < -0.3 is 15.4 Å². The summed E-state index contributed by atoms with van der Waals surface area (Å²) >= 11 is 0. The Balaban J connectivity index is 2.48. The summed E-state index contributed by atoms with van der Waals surface area (Å²) in [6, 6.07) is -1.17. The first kappa shape index (κ1) is 14.0. The van der Waals surface area contributed by atoms with Gasteiger partial charge in [0.05, 0.1) is 6.61 Å². The molecule has 0 bridgehead atoms. The first-order valence-corrected chi connectivity index (χ1v) is 6.31. The van der Waals surface area contributed by atoms with Crippen LogP contribution in [0, 0.1) is 5.92 Å². The largest absolute Gasteiger partial charge is 0.464 e. The fourth-order valence-electron chi connectivity index (χ4n) is 1.89. The van der Waals surface area contributed by atoms with E-state index in [0.717, 1.165) is 0 Å². The summed E-state index contributed by atoms with van der Waals surface area (Å²) in [6.07, 6.45) is 3.57. The van der Waals surface area contributed by atoms with E-state index < -0.39 is 12.0 Å². The average molecular weight is 242 g/mol. The molecular weight excluding hydrogens is 220 g/mol. The number of ether oxygens (including phenoxy) is 1. The third kappa shape index (κ3) is 3.70. The average Bonchev–Trinajstić information content (AvgIpc) is 2.26. The Kier molecular flexibility index (Phi) is 5.41. The van der Waals surface area contributed by atoms with Crippen LogP contribution in [0.3, 0.4) is 0 Å². The molecule has 17 heavy (non-hydrogen) atoms. The molecule has 5 nitrogen and oxygen atoms in total. The van der Waals surface area contributed by atoms with Crippen LogP contribution in [0.15, 0.2) is 0 Å². The number of hydrogen-bond donors (Lipinski definition) is 1. The molecule has 0 aromatic rings. The minimum absolute atomic E-state index is 0.245. The second-order valence-electron chi connectivity index (χ2n) is 4.40. The molecule has 1 atom stereocenters. The Labute approximate surface area is 102 Å². The molecule has 0 aromatic carbocycles. The van der Waals surface area contributed by atoms with Crippen LogP contribution in [-0.4, -0.2) is 42.5 Å². The maximum atomic E-state index is 12.0. The minimum Gasteiger partial charge on any atom is -0.464 e. The van der Waals surface area contributed by atoms with Crippen molar-refractivity contribution in [1.82, 2.24) is 4.90 Å². The number of esters is 1. The summed E-state index contributed by atoms with van der Waals surface area (Å²) in [6.45, 7) is 5.13. The molecule has 0 saturated heterocycles. The summed E-state index contributed by atoms with van der Waals surface area (Å²) in [4.78, 5) is 25.0. The minimum atomic E-state index is -1.17. The number of hydrogen-bond acceptors (Lipinski definition) is 4. The molecule has 1 fully saturated rings. The van der Waals surface area contributed by atoms with Crippen LogP contribution in [0.4, 0.5) is 0 Å². The van der Waals surface area contributed by atoms with Crippen molar-refractivity contribution in [3.8, 4) is 0 Å². The van der Waals surface area contributed by atoms with Crippen molar-refractivity contribution in [3.63, 3.8) is 0 Å². The third-order valence-electron chi connectivity index (χ3n) is 3.20. The van der Waals surface area contributed by atoms with Gasteiger partial charge >= 0.3 is 5.97 Å². The zero-order chi connectivity index (χ0) is 12.8. The van der Waals surface area contributed by atoms with Gasteiger partial charge in [-0.15, -0.1) is 0 Å². The summed E-state index contributed by atoms with van der Waals surface area (Å²) < 4.78 is 4.75. The van der Waals surface area contributed by atoms with Gasteiger partial charge in [-0.3, -0.25) is 4.79 Å². The number of nitrogens with zero attached hydrogens (tertiary/aromatic N) is 1. The van der Waals surface area contributed by atoms with E-state index in [0.29, 0.717) is 19.0 Å². The Hall–Kier alpha value is -1.10. The molecule has 0 heterocycles. The van der Waals surface area contributed by atoms with Crippen molar-refractivity contribution < 1.29 is 14.3 Å². The molecule has 98 valence electrons. The van der Waals surface area contributed by atoms with Gasteiger partial charge in [0.2, 0.25) is 0 Å². The molecule has 0 spiro atoms. The molecule has 0 aliphatic heterocycles. The second-order valence-corrected chi connectivity index (χ2v) is 4.40. The standard InChI is InChI=1S/C12H22N2O3/c1-3-14(8-9-6-5-7-9)11(15)10(13)12(16)17-4-2/h9-10H,3-8,13H2,1-2H3. The Morgan fingerprint density at radius 3 is 2.47 bits per heavy atom. The molecule has 1 unspecified atom stereocenters. The molecule has 5 heteroatoms. The van der Waals surface area contributed by atoms with E-state index in [1.165, 1.54) is 19.3 Å². The number of carbonyl (C=O) groups is 2. The SMILES string of the molecule is CCOC(=O)C(N)C(=O)N(CC)CC1CCC1. The molecule has 2 N–H and O–H groups in total.